The Morgan fingerprint density at radius 1 is 1.17 bits per heavy atom. The molecule has 0 atom stereocenters. The van der Waals surface area contributed by atoms with Crippen LogP contribution in [0.25, 0.3) is 0 Å². The van der Waals surface area contributed by atoms with Crippen molar-refractivity contribution in [2.24, 2.45) is 0 Å². The van der Waals surface area contributed by atoms with Crippen LogP contribution in [-0.4, -0.2) is 36.3 Å². The minimum absolute atomic E-state index is 0.315. The Hall–Kier alpha value is -1.24. The molecule has 2 N–H and O–H groups in total. The van der Waals surface area contributed by atoms with Gasteiger partial charge in [0.15, 0.2) is 0 Å². The molecule has 0 spiro atoms. The van der Waals surface area contributed by atoms with Crippen LogP contribution in [0.3, 0.4) is 0 Å². The highest BCUT2D eigenvalue weighted by Crippen LogP contribution is 2.31. The molecule has 0 aliphatic heterocycles. The fraction of sp³-hybridized carbons (Fsp3) is 0.222. The molecule has 9 heteroatoms. The molecule has 0 aromatic carbocycles. The lowest BCUT2D eigenvalue weighted by Gasteiger charge is -2.15. The van der Waals surface area contributed by atoms with Crippen LogP contribution in [0.15, 0.2) is 18.3 Å². The first-order valence-corrected chi connectivity index (χ1v) is 5.53. The Bertz CT molecular complexity index is 491. The van der Waals surface area contributed by atoms with Gasteiger partial charge in [0.1, 0.15) is 0 Å². The standard InChI is InChI=1S/C9H6Cl3NO5/c10-9(11,12)6(14)4-2-1-3-13(4)5(7(15)16)8(17)18/h1-3,5H,(H,15,16)(H,17,18). The first-order chi connectivity index (χ1) is 8.16. The van der Waals surface area contributed by atoms with Crippen molar-refractivity contribution in [3.05, 3.63) is 24.0 Å². The first kappa shape index (κ1) is 14.8. The fourth-order valence-electron chi connectivity index (χ4n) is 1.30. The molecule has 0 radical (unpaired) electrons. The van der Waals surface area contributed by atoms with E-state index in [0.717, 1.165) is 10.8 Å². The number of carbonyl (C=O) groups is 3. The zero-order valence-electron chi connectivity index (χ0n) is 8.51. The molecule has 6 nitrogen and oxygen atoms in total. The summed E-state index contributed by atoms with van der Waals surface area (Å²) in [6.07, 6.45) is 1.11. The zero-order valence-corrected chi connectivity index (χ0v) is 10.8. The van der Waals surface area contributed by atoms with Crippen molar-refractivity contribution in [1.82, 2.24) is 4.57 Å². The van der Waals surface area contributed by atoms with Gasteiger partial charge in [-0.1, -0.05) is 34.8 Å². The van der Waals surface area contributed by atoms with Gasteiger partial charge in [-0.3, -0.25) is 4.79 Å². The lowest BCUT2D eigenvalue weighted by atomic mass is 10.2. The second-order valence-corrected chi connectivity index (χ2v) is 5.49. The average molecular weight is 315 g/mol. The minimum Gasteiger partial charge on any atom is -0.479 e. The smallest absolute Gasteiger partial charge is 0.338 e. The number of alkyl halides is 3. The topological polar surface area (TPSA) is 96.6 Å². The molecule has 0 aliphatic rings. The highest BCUT2D eigenvalue weighted by atomic mass is 35.6. The minimum atomic E-state index is -2.29. The van der Waals surface area contributed by atoms with Gasteiger partial charge in [-0.2, -0.15) is 0 Å². The zero-order chi connectivity index (χ0) is 14.1. The van der Waals surface area contributed by atoms with Crippen molar-refractivity contribution in [2.45, 2.75) is 9.83 Å². The van der Waals surface area contributed by atoms with Gasteiger partial charge in [0.25, 0.3) is 3.79 Å². The number of ketones is 1. The number of halogens is 3. The number of aliphatic carboxylic acids is 2. The van der Waals surface area contributed by atoms with Gasteiger partial charge in [0, 0.05) is 6.20 Å². The number of nitrogens with zero attached hydrogens (tertiary/aromatic N) is 1. The summed E-state index contributed by atoms with van der Waals surface area (Å²) in [6.45, 7) is 0. The summed E-state index contributed by atoms with van der Waals surface area (Å²) < 4.78 is -1.58. The Morgan fingerprint density at radius 3 is 2.06 bits per heavy atom. The maximum absolute atomic E-state index is 11.7. The largest absolute Gasteiger partial charge is 0.479 e. The van der Waals surface area contributed by atoms with Gasteiger partial charge in [0.2, 0.25) is 11.8 Å². The van der Waals surface area contributed by atoms with Gasteiger partial charge in [-0.15, -0.1) is 0 Å². The quantitative estimate of drug-likeness (QED) is 0.501. The third-order valence-electron chi connectivity index (χ3n) is 2.02. The van der Waals surface area contributed by atoms with Crippen molar-refractivity contribution < 1.29 is 24.6 Å². The summed E-state index contributed by atoms with van der Waals surface area (Å²) in [5.41, 5.74) is -0.315. The summed E-state index contributed by atoms with van der Waals surface area (Å²) in [7, 11) is 0. The van der Waals surface area contributed by atoms with Crippen LogP contribution in [0.2, 0.25) is 0 Å². The predicted octanol–water partition coefficient (Wildman–Crippen LogP) is 1.75. The van der Waals surface area contributed by atoms with E-state index in [2.05, 4.69) is 0 Å². The molecule has 0 unspecified atom stereocenters. The molecule has 1 aromatic rings. The van der Waals surface area contributed by atoms with E-state index in [-0.39, 0.29) is 5.69 Å². The van der Waals surface area contributed by atoms with Gasteiger partial charge >= 0.3 is 11.9 Å². The van der Waals surface area contributed by atoms with E-state index < -0.39 is 27.6 Å². The Kier molecular flexibility index (Phi) is 4.26. The number of aromatic nitrogens is 1. The number of hydrogen-bond donors (Lipinski definition) is 2. The lowest BCUT2D eigenvalue weighted by Crippen LogP contribution is -2.31. The van der Waals surface area contributed by atoms with Crippen LogP contribution in [0.4, 0.5) is 0 Å². The van der Waals surface area contributed by atoms with E-state index in [4.69, 9.17) is 45.0 Å². The molecule has 0 saturated carbocycles. The van der Waals surface area contributed by atoms with Crippen LogP contribution < -0.4 is 0 Å². The number of carboxylic acid groups (broad SMARTS) is 2. The number of carboxylic acids is 2. The van der Waals surface area contributed by atoms with Crippen molar-refractivity contribution >= 4 is 52.5 Å². The average Bonchev–Trinajstić information content (AvgIpc) is 2.62. The van der Waals surface area contributed by atoms with E-state index in [1.807, 2.05) is 0 Å². The van der Waals surface area contributed by atoms with Gasteiger partial charge < -0.3 is 14.8 Å². The molecule has 0 fully saturated rings. The normalized spacial score (nSPS) is 11.6. The molecule has 0 amide bonds. The van der Waals surface area contributed by atoms with Gasteiger partial charge in [-0.05, 0) is 12.1 Å². The summed E-state index contributed by atoms with van der Waals surface area (Å²) >= 11 is 16.2. The molecule has 1 heterocycles. The third kappa shape index (κ3) is 2.95. The molecule has 0 bridgehead atoms. The highest BCUT2D eigenvalue weighted by Gasteiger charge is 2.37. The maximum atomic E-state index is 11.7. The molecule has 98 valence electrons. The molecular weight excluding hydrogens is 308 g/mol. The van der Waals surface area contributed by atoms with Gasteiger partial charge in [-0.25, -0.2) is 9.59 Å². The fourth-order valence-corrected chi connectivity index (χ4v) is 1.59. The summed E-state index contributed by atoms with van der Waals surface area (Å²) in [5, 5.41) is 17.6. The van der Waals surface area contributed by atoms with E-state index in [9.17, 15) is 14.4 Å². The predicted molar refractivity (Wildman–Crippen MR) is 63.4 cm³/mol. The van der Waals surface area contributed by atoms with Crippen molar-refractivity contribution in [3.63, 3.8) is 0 Å². The van der Waals surface area contributed by atoms with E-state index >= 15 is 0 Å². The van der Waals surface area contributed by atoms with E-state index in [1.165, 1.54) is 12.1 Å². The molecule has 0 saturated heterocycles. The Labute approximate surface area is 116 Å². The Morgan fingerprint density at radius 2 is 1.67 bits per heavy atom. The van der Waals surface area contributed by atoms with Crippen LogP contribution >= 0.6 is 34.8 Å². The molecule has 0 aliphatic carbocycles. The molecule has 18 heavy (non-hydrogen) atoms. The first-order valence-electron chi connectivity index (χ1n) is 4.40. The SMILES string of the molecule is O=C(O)C(C(=O)O)n1cccc1C(=O)C(Cl)(Cl)Cl. The summed E-state index contributed by atoms with van der Waals surface area (Å²) in [4.78, 5) is 33.4. The Balaban J connectivity index is 3.29. The van der Waals surface area contributed by atoms with E-state index in [0.29, 0.717) is 0 Å². The summed E-state index contributed by atoms with van der Waals surface area (Å²) in [5.74, 6) is -4.29. The van der Waals surface area contributed by atoms with Crippen molar-refractivity contribution in [3.8, 4) is 0 Å². The van der Waals surface area contributed by atoms with Crippen LogP contribution in [0.5, 0.6) is 0 Å². The third-order valence-corrected chi connectivity index (χ3v) is 2.53. The van der Waals surface area contributed by atoms with Crippen molar-refractivity contribution in [2.75, 3.05) is 0 Å². The van der Waals surface area contributed by atoms with Crippen LogP contribution in [0, 0.1) is 0 Å². The number of carbonyl (C=O) groups excluding carboxylic acids is 1. The maximum Gasteiger partial charge on any atom is 0.338 e. The van der Waals surface area contributed by atoms with Crippen LogP contribution in [0.1, 0.15) is 16.5 Å². The lowest BCUT2D eigenvalue weighted by molar-refractivity contribution is -0.153. The molecular formula is C9H6Cl3NO5. The second kappa shape index (κ2) is 5.17. The number of hydrogen-bond acceptors (Lipinski definition) is 3. The molecule has 1 rings (SSSR count). The highest BCUT2D eigenvalue weighted by molar-refractivity contribution is 6.77. The summed E-state index contributed by atoms with van der Waals surface area (Å²) in [6, 6.07) is 0.484. The molecule has 1 aromatic heterocycles. The van der Waals surface area contributed by atoms with Gasteiger partial charge in [0.05, 0.1) is 5.69 Å². The van der Waals surface area contributed by atoms with Crippen LogP contribution in [-0.2, 0) is 9.59 Å². The number of rotatable bonds is 4. The second-order valence-electron chi connectivity index (χ2n) is 3.21. The number of Topliss-reactive ketones (excluding diaryl/α,β-unsaturated/α-hetero) is 1. The van der Waals surface area contributed by atoms with E-state index in [1.54, 1.807) is 0 Å². The monoisotopic (exact) mass is 313 g/mol. The van der Waals surface area contributed by atoms with Crippen molar-refractivity contribution in [1.29, 1.82) is 0 Å².